The maximum absolute atomic E-state index is 12.2. The van der Waals surface area contributed by atoms with Crippen LogP contribution in [0.3, 0.4) is 0 Å². The number of carbonyl (C=O) groups excluding carboxylic acids is 1. The Kier molecular flexibility index (Phi) is 3.56. The van der Waals surface area contributed by atoms with Gasteiger partial charge in [0.15, 0.2) is 5.82 Å². The number of hydrogen-bond acceptors (Lipinski definition) is 5. The van der Waals surface area contributed by atoms with E-state index < -0.39 is 5.91 Å². The average Bonchev–Trinajstić information content (AvgIpc) is 3.33. The maximum atomic E-state index is 12.2. The molecule has 2 aromatic heterocycles. The van der Waals surface area contributed by atoms with Crippen LogP contribution in [-0.2, 0) is 6.54 Å². The maximum Gasteiger partial charge on any atom is 0.287 e. The van der Waals surface area contributed by atoms with Gasteiger partial charge in [0.25, 0.3) is 11.5 Å². The van der Waals surface area contributed by atoms with Crippen LogP contribution in [0.15, 0.2) is 35.4 Å². The van der Waals surface area contributed by atoms with Gasteiger partial charge < -0.3 is 14.9 Å². The monoisotopic (exact) mass is 324 g/mol. The summed E-state index contributed by atoms with van der Waals surface area (Å²) >= 11 is 0. The highest BCUT2D eigenvalue weighted by molar-refractivity contribution is 5.92. The highest BCUT2D eigenvalue weighted by Gasteiger charge is 2.28. The zero-order valence-corrected chi connectivity index (χ0v) is 12.9. The molecule has 8 nitrogen and oxygen atoms in total. The van der Waals surface area contributed by atoms with Crippen molar-refractivity contribution in [1.82, 2.24) is 30.0 Å². The number of para-hydroxylation sites is 1. The van der Waals surface area contributed by atoms with E-state index in [-0.39, 0.29) is 11.4 Å². The molecule has 2 N–H and O–H groups in total. The molecule has 0 unspecified atom stereocenters. The lowest BCUT2D eigenvalue weighted by atomic mass is 10.2. The Morgan fingerprint density at radius 1 is 1.33 bits per heavy atom. The first-order valence-corrected chi connectivity index (χ1v) is 7.87. The SMILES string of the molecule is O=C(NCCn1cnnc1C1CC1)c1nc2ccccc2c(=O)[nH]1. The van der Waals surface area contributed by atoms with Gasteiger partial charge in [-0.3, -0.25) is 9.59 Å². The van der Waals surface area contributed by atoms with E-state index in [1.165, 1.54) is 0 Å². The Labute approximate surface area is 136 Å². The smallest absolute Gasteiger partial charge is 0.287 e. The van der Waals surface area contributed by atoms with E-state index in [1.807, 2.05) is 4.57 Å². The normalized spacial score (nSPS) is 14.0. The molecule has 0 radical (unpaired) electrons. The highest BCUT2D eigenvalue weighted by Crippen LogP contribution is 2.38. The lowest BCUT2D eigenvalue weighted by Crippen LogP contribution is -2.30. The summed E-state index contributed by atoms with van der Waals surface area (Å²) in [5.74, 6) is 1.09. The van der Waals surface area contributed by atoms with Crippen LogP contribution < -0.4 is 10.9 Å². The van der Waals surface area contributed by atoms with Crippen molar-refractivity contribution in [1.29, 1.82) is 0 Å². The first-order chi connectivity index (χ1) is 11.7. The van der Waals surface area contributed by atoms with E-state index in [9.17, 15) is 9.59 Å². The predicted molar refractivity (Wildman–Crippen MR) is 86.7 cm³/mol. The molecule has 2 heterocycles. The fourth-order valence-corrected chi connectivity index (χ4v) is 2.66. The zero-order valence-electron chi connectivity index (χ0n) is 12.9. The van der Waals surface area contributed by atoms with Crippen LogP contribution >= 0.6 is 0 Å². The molecule has 0 spiro atoms. The van der Waals surface area contributed by atoms with Crippen molar-refractivity contribution in [2.45, 2.75) is 25.3 Å². The highest BCUT2D eigenvalue weighted by atomic mass is 16.2. The van der Waals surface area contributed by atoms with E-state index in [4.69, 9.17) is 0 Å². The van der Waals surface area contributed by atoms with Gasteiger partial charge in [-0.1, -0.05) is 12.1 Å². The number of amides is 1. The average molecular weight is 324 g/mol. The van der Waals surface area contributed by atoms with Gasteiger partial charge >= 0.3 is 0 Å². The number of hydrogen-bond donors (Lipinski definition) is 2. The fourth-order valence-electron chi connectivity index (χ4n) is 2.66. The number of H-pyrrole nitrogens is 1. The van der Waals surface area contributed by atoms with Crippen molar-refractivity contribution in [3.05, 3.63) is 52.6 Å². The minimum atomic E-state index is -0.404. The quantitative estimate of drug-likeness (QED) is 0.723. The van der Waals surface area contributed by atoms with Gasteiger partial charge in [-0.05, 0) is 25.0 Å². The van der Waals surface area contributed by atoms with Crippen molar-refractivity contribution < 1.29 is 4.79 Å². The van der Waals surface area contributed by atoms with Crippen LogP contribution in [0.5, 0.6) is 0 Å². The van der Waals surface area contributed by atoms with E-state index in [1.54, 1.807) is 30.6 Å². The Balaban J connectivity index is 1.44. The summed E-state index contributed by atoms with van der Waals surface area (Å²) in [4.78, 5) is 30.9. The summed E-state index contributed by atoms with van der Waals surface area (Å²) < 4.78 is 1.95. The van der Waals surface area contributed by atoms with Crippen molar-refractivity contribution in [3.8, 4) is 0 Å². The lowest BCUT2D eigenvalue weighted by Gasteiger charge is -2.07. The lowest BCUT2D eigenvalue weighted by molar-refractivity contribution is 0.0942. The molecule has 1 amide bonds. The summed E-state index contributed by atoms with van der Waals surface area (Å²) in [6.07, 6.45) is 3.97. The second kappa shape index (κ2) is 5.88. The second-order valence-corrected chi connectivity index (χ2v) is 5.84. The number of aromatic nitrogens is 5. The van der Waals surface area contributed by atoms with Gasteiger partial charge in [0, 0.05) is 19.0 Å². The van der Waals surface area contributed by atoms with Crippen molar-refractivity contribution in [2.24, 2.45) is 0 Å². The van der Waals surface area contributed by atoms with Crippen LogP contribution in [0.25, 0.3) is 10.9 Å². The van der Waals surface area contributed by atoms with E-state index in [0.29, 0.717) is 29.9 Å². The molecule has 0 saturated heterocycles. The van der Waals surface area contributed by atoms with Crippen molar-refractivity contribution in [2.75, 3.05) is 6.54 Å². The zero-order chi connectivity index (χ0) is 16.5. The van der Waals surface area contributed by atoms with Crippen molar-refractivity contribution >= 4 is 16.8 Å². The summed E-state index contributed by atoms with van der Waals surface area (Å²) in [5.41, 5.74) is 0.182. The molecule has 0 bridgehead atoms. The fraction of sp³-hybridized carbons (Fsp3) is 0.312. The molecular formula is C16H16N6O2. The first kappa shape index (κ1) is 14.6. The molecule has 24 heavy (non-hydrogen) atoms. The van der Waals surface area contributed by atoms with Crippen LogP contribution in [0.2, 0.25) is 0 Å². The van der Waals surface area contributed by atoms with E-state index in [0.717, 1.165) is 18.7 Å². The minimum Gasteiger partial charge on any atom is -0.348 e. The van der Waals surface area contributed by atoms with Crippen LogP contribution in [0, 0.1) is 0 Å². The third-order valence-electron chi connectivity index (χ3n) is 4.05. The molecule has 8 heteroatoms. The Morgan fingerprint density at radius 3 is 3.00 bits per heavy atom. The van der Waals surface area contributed by atoms with Crippen LogP contribution in [-0.4, -0.2) is 37.2 Å². The molecule has 4 rings (SSSR count). The summed E-state index contributed by atoms with van der Waals surface area (Å²) in [5, 5.41) is 11.3. The van der Waals surface area contributed by atoms with Crippen molar-refractivity contribution in [3.63, 3.8) is 0 Å². The molecule has 1 saturated carbocycles. The Bertz CT molecular complexity index is 956. The number of fused-ring (bicyclic) bond motifs is 1. The molecule has 3 aromatic rings. The largest absolute Gasteiger partial charge is 0.348 e. The number of benzene rings is 1. The molecule has 122 valence electrons. The molecule has 0 atom stereocenters. The Morgan fingerprint density at radius 2 is 2.17 bits per heavy atom. The summed E-state index contributed by atoms with van der Waals surface area (Å²) in [6, 6.07) is 6.92. The summed E-state index contributed by atoms with van der Waals surface area (Å²) in [6.45, 7) is 0.996. The van der Waals surface area contributed by atoms with E-state index >= 15 is 0 Å². The standard InChI is InChI=1S/C16H16N6O2/c23-15-11-3-1-2-4-12(11)19-13(20-15)16(24)17-7-8-22-9-18-21-14(22)10-5-6-10/h1-4,9-10H,5-8H2,(H,17,24)(H,19,20,23). The second-order valence-electron chi connectivity index (χ2n) is 5.84. The van der Waals surface area contributed by atoms with Crippen LogP contribution in [0.1, 0.15) is 35.2 Å². The number of rotatable bonds is 5. The molecule has 1 aromatic carbocycles. The van der Waals surface area contributed by atoms with Gasteiger partial charge in [0.05, 0.1) is 10.9 Å². The van der Waals surface area contributed by atoms with Gasteiger partial charge in [-0.15, -0.1) is 10.2 Å². The van der Waals surface area contributed by atoms with Gasteiger partial charge in [0.1, 0.15) is 12.2 Å². The first-order valence-electron chi connectivity index (χ1n) is 7.87. The molecular weight excluding hydrogens is 308 g/mol. The molecule has 1 fully saturated rings. The third kappa shape index (κ3) is 2.78. The minimum absolute atomic E-state index is 0.0184. The van der Waals surface area contributed by atoms with Gasteiger partial charge in [-0.2, -0.15) is 0 Å². The number of nitrogens with zero attached hydrogens (tertiary/aromatic N) is 4. The molecule has 0 aliphatic heterocycles. The van der Waals surface area contributed by atoms with E-state index in [2.05, 4.69) is 25.5 Å². The Hall–Kier alpha value is -3.03. The number of nitrogens with one attached hydrogen (secondary N) is 2. The number of carbonyl (C=O) groups is 1. The molecule has 1 aliphatic rings. The topological polar surface area (TPSA) is 106 Å². The van der Waals surface area contributed by atoms with Crippen LogP contribution in [0.4, 0.5) is 0 Å². The van der Waals surface area contributed by atoms with Gasteiger partial charge in [-0.25, -0.2) is 4.98 Å². The molecule has 1 aliphatic carbocycles. The third-order valence-corrected chi connectivity index (χ3v) is 4.05. The predicted octanol–water partition coefficient (Wildman–Crippen LogP) is 0.822. The van der Waals surface area contributed by atoms with Gasteiger partial charge in [0.2, 0.25) is 0 Å². The number of aromatic amines is 1. The summed E-state index contributed by atoms with van der Waals surface area (Å²) in [7, 11) is 0.